The van der Waals surface area contributed by atoms with Crippen molar-refractivity contribution in [3.63, 3.8) is 0 Å². The maximum Gasteiger partial charge on any atom is 0.277 e. The molecule has 0 bridgehead atoms. The highest BCUT2D eigenvalue weighted by Gasteiger charge is 2.16. The number of hydrogen-bond acceptors (Lipinski definition) is 7. The van der Waals surface area contributed by atoms with Gasteiger partial charge < -0.3 is 9.15 Å². The summed E-state index contributed by atoms with van der Waals surface area (Å²) >= 11 is 1.34. The first-order valence-corrected chi connectivity index (χ1v) is 9.00. The second-order valence-corrected chi connectivity index (χ2v) is 6.34. The van der Waals surface area contributed by atoms with Crippen LogP contribution in [0, 0.1) is 17.0 Å². The van der Waals surface area contributed by atoms with Gasteiger partial charge in [0.15, 0.2) is 0 Å². The zero-order chi connectivity index (χ0) is 18.5. The average Bonchev–Trinajstić information content (AvgIpc) is 3.10. The fraction of sp³-hybridized carbons (Fsp3) is 0.222. The number of ether oxygens (including phenoxy) is 1. The summed E-state index contributed by atoms with van der Waals surface area (Å²) in [5.41, 5.74) is 2.35. The third kappa shape index (κ3) is 3.85. The summed E-state index contributed by atoms with van der Waals surface area (Å²) in [6, 6.07) is 12.5. The van der Waals surface area contributed by atoms with E-state index in [1.165, 1.54) is 17.8 Å². The Morgan fingerprint density at radius 1 is 1.19 bits per heavy atom. The van der Waals surface area contributed by atoms with Crippen LogP contribution in [0.1, 0.15) is 18.1 Å². The van der Waals surface area contributed by atoms with E-state index >= 15 is 0 Å². The van der Waals surface area contributed by atoms with Crippen molar-refractivity contribution in [3.05, 3.63) is 63.7 Å². The molecule has 7 nitrogen and oxygen atoms in total. The minimum absolute atomic E-state index is 0.111. The van der Waals surface area contributed by atoms with E-state index < -0.39 is 0 Å². The van der Waals surface area contributed by atoms with Crippen LogP contribution < -0.4 is 4.74 Å². The van der Waals surface area contributed by atoms with E-state index in [0.29, 0.717) is 34.8 Å². The highest BCUT2D eigenvalue weighted by Crippen LogP contribution is 2.32. The zero-order valence-corrected chi connectivity index (χ0v) is 15.2. The van der Waals surface area contributed by atoms with E-state index in [0.717, 1.165) is 11.1 Å². The Kier molecular flexibility index (Phi) is 5.52. The monoisotopic (exact) mass is 371 g/mol. The van der Waals surface area contributed by atoms with Crippen molar-refractivity contribution in [1.29, 1.82) is 0 Å². The van der Waals surface area contributed by atoms with Crippen LogP contribution in [0.25, 0.3) is 11.5 Å². The Morgan fingerprint density at radius 3 is 2.77 bits per heavy atom. The van der Waals surface area contributed by atoms with Gasteiger partial charge in [0, 0.05) is 17.4 Å². The van der Waals surface area contributed by atoms with E-state index in [4.69, 9.17) is 9.15 Å². The smallest absolute Gasteiger partial charge is 0.277 e. The van der Waals surface area contributed by atoms with Crippen LogP contribution in [0.5, 0.6) is 5.75 Å². The normalized spacial score (nSPS) is 10.7. The number of hydrogen-bond donors (Lipinski definition) is 0. The first-order chi connectivity index (χ1) is 12.6. The fourth-order valence-electron chi connectivity index (χ4n) is 2.47. The van der Waals surface area contributed by atoms with Gasteiger partial charge in [-0.15, -0.1) is 10.2 Å². The largest absolute Gasteiger partial charge is 0.493 e. The van der Waals surface area contributed by atoms with Gasteiger partial charge in [0.1, 0.15) is 5.75 Å². The third-order valence-electron chi connectivity index (χ3n) is 3.79. The van der Waals surface area contributed by atoms with Crippen molar-refractivity contribution in [3.8, 4) is 17.2 Å². The van der Waals surface area contributed by atoms with Gasteiger partial charge >= 0.3 is 0 Å². The van der Waals surface area contributed by atoms with Gasteiger partial charge in [-0.3, -0.25) is 10.1 Å². The number of para-hydroxylation sites is 1. The highest BCUT2D eigenvalue weighted by molar-refractivity contribution is 7.98. The quantitative estimate of drug-likeness (QED) is 0.339. The summed E-state index contributed by atoms with van der Waals surface area (Å²) < 4.78 is 11.3. The molecule has 1 aromatic heterocycles. The summed E-state index contributed by atoms with van der Waals surface area (Å²) in [6.07, 6.45) is 0. The molecule has 1 heterocycles. The molecule has 134 valence electrons. The molecule has 0 fully saturated rings. The van der Waals surface area contributed by atoms with Crippen molar-refractivity contribution in [1.82, 2.24) is 10.2 Å². The molecule has 0 aliphatic rings. The van der Waals surface area contributed by atoms with Crippen LogP contribution in [0.4, 0.5) is 5.69 Å². The SMILES string of the molecule is CCOc1ccccc1-c1nnc(SCc2cccc([N+](=O)[O-])c2C)o1. The van der Waals surface area contributed by atoms with E-state index in [9.17, 15) is 10.1 Å². The van der Waals surface area contributed by atoms with Crippen LogP contribution in [-0.4, -0.2) is 21.7 Å². The van der Waals surface area contributed by atoms with Crippen LogP contribution >= 0.6 is 11.8 Å². The molecule has 3 aromatic rings. The van der Waals surface area contributed by atoms with Gasteiger partial charge in [0.25, 0.3) is 16.8 Å². The molecule has 0 spiro atoms. The number of aromatic nitrogens is 2. The highest BCUT2D eigenvalue weighted by atomic mass is 32.2. The van der Waals surface area contributed by atoms with E-state index in [-0.39, 0.29) is 10.6 Å². The predicted molar refractivity (Wildman–Crippen MR) is 98.3 cm³/mol. The van der Waals surface area contributed by atoms with Crippen LogP contribution in [0.15, 0.2) is 52.1 Å². The summed E-state index contributed by atoms with van der Waals surface area (Å²) in [6.45, 7) is 4.19. The van der Waals surface area contributed by atoms with Crippen LogP contribution in [-0.2, 0) is 5.75 Å². The first-order valence-electron chi connectivity index (χ1n) is 8.01. The van der Waals surface area contributed by atoms with E-state index in [1.54, 1.807) is 13.0 Å². The van der Waals surface area contributed by atoms with Crippen molar-refractivity contribution < 1.29 is 14.1 Å². The molecule has 0 aliphatic carbocycles. The second kappa shape index (κ2) is 8.01. The van der Waals surface area contributed by atoms with Crippen molar-refractivity contribution in [2.75, 3.05) is 6.61 Å². The molecule has 26 heavy (non-hydrogen) atoms. The van der Waals surface area contributed by atoms with E-state index in [2.05, 4.69) is 10.2 Å². The number of thioether (sulfide) groups is 1. The first kappa shape index (κ1) is 17.9. The minimum Gasteiger partial charge on any atom is -0.493 e. The second-order valence-electron chi connectivity index (χ2n) is 5.41. The Balaban J connectivity index is 1.76. The molecule has 2 aromatic carbocycles. The van der Waals surface area contributed by atoms with Gasteiger partial charge in [-0.2, -0.15) is 0 Å². The van der Waals surface area contributed by atoms with Crippen LogP contribution in [0.3, 0.4) is 0 Å². The molecular formula is C18H17N3O4S. The maximum absolute atomic E-state index is 11.0. The molecule has 0 radical (unpaired) electrons. The topological polar surface area (TPSA) is 91.3 Å². The van der Waals surface area contributed by atoms with Gasteiger partial charge in [0.05, 0.1) is 17.1 Å². The maximum atomic E-state index is 11.0. The van der Waals surface area contributed by atoms with Gasteiger partial charge in [-0.25, -0.2) is 0 Å². The van der Waals surface area contributed by atoms with Gasteiger partial charge in [-0.05, 0) is 31.5 Å². The Morgan fingerprint density at radius 2 is 2.00 bits per heavy atom. The fourth-order valence-corrected chi connectivity index (χ4v) is 3.29. The predicted octanol–water partition coefficient (Wildman–Crippen LogP) is 4.64. The lowest BCUT2D eigenvalue weighted by atomic mass is 10.1. The molecule has 0 unspecified atom stereocenters. The molecule has 0 amide bonds. The summed E-state index contributed by atoms with van der Waals surface area (Å²) in [7, 11) is 0. The van der Waals surface area contributed by atoms with Crippen molar-refractivity contribution >= 4 is 17.4 Å². The molecule has 3 rings (SSSR count). The molecule has 0 aliphatic heterocycles. The van der Waals surface area contributed by atoms with Crippen LogP contribution in [0.2, 0.25) is 0 Å². The molecular weight excluding hydrogens is 354 g/mol. The zero-order valence-electron chi connectivity index (χ0n) is 14.3. The number of nitro groups is 1. The number of rotatable bonds is 7. The summed E-state index contributed by atoms with van der Waals surface area (Å²) in [5.74, 6) is 1.57. The molecule has 8 heteroatoms. The number of nitro benzene ring substituents is 1. The average molecular weight is 371 g/mol. The van der Waals surface area contributed by atoms with Gasteiger partial charge in [0.2, 0.25) is 0 Å². The Bertz CT molecular complexity index is 926. The standard InChI is InChI=1S/C18H17N3O4S/c1-3-24-16-10-5-4-8-14(16)17-19-20-18(25-17)26-11-13-7-6-9-15(12(13)2)21(22)23/h4-10H,3,11H2,1-2H3. The Hall–Kier alpha value is -2.87. The molecule has 0 atom stereocenters. The lowest BCUT2D eigenvalue weighted by Crippen LogP contribution is -1.95. The minimum atomic E-state index is -0.376. The third-order valence-corrected chi connectivity index (χ3v) is 4.66. The van der Waals surface area contributed by atoms with Crippen molar-refractivity contribution in [2.24, 2.45) is 0 Å². The van der Waals surface area contributed by atoms with Gasteiger partial charge in [-0.1, -0.05) is 36.0 Å². The molecule has 0 saturated carbocycles. The lowest BCUT2D eigenvalue weighted by Gasteiger charge is -2.06. The Labute approximate surface area is 154 Å². The lowest BCUT2D eigenvalue weighted by molar-refractivity contribution is -0.385. The molecule has 0 N–H and O–H groups in total. The summed E-state index contributed by atoms with van der Waals surface area (Å²) in [5, 5.41) is 19.6. The number of benzene rings is 2. The van der Waals surface area contributed by atoms with Crippen molar-refractivity contribution in [2.45, 2.75) is 24.8 Å². The number of nitrogens with zero attached hydrogens (tertiary/aromatic N) is 3. The molecule has 0 saturated heterocycles. The van der Waals surface area contributed by atoms with E-state index in [1.807, 2.05) is 37.3 Å². The summed E-state index contributed by atoms with van der Waals surface area (Å²) in [4.78, 5) is 10.7.